The quantitative estimate of drug-likeness (QED) is 0.851. The standard InChI is InChI=1S/C16H17BrN2O3/c17-11-4-5-14-12(8-11)13(9-18-14)16(21)22-10-15(20)19-6-2-1-3-7-19/h4-5,8-9,18H,1-3,6-7,10H2. The van der Waals surface area contributed by atoms with E-state index in [1.54, 1.807) is 11.1 Å². The van der Waals surface area contributed by atoms with Crippen molar-refractivity contribution < 1.29 is 14.3 Å². The number of rotatable bonds is 3. The maximum Gasteiger partial charge on any atom is 0.340 e. The Labute approximate surface area is 136 Å². The lowest BCUT2D eigenvalue weighted by molar-refractivity contribution is -0.135. The number of nitrogens with one attached hydrogen (secondary N) is 1. The van der Waals surface area contributed by atoms with Crippen molar-refractivity contribution in [3.8, 4) is 0 Å². The van der Waals surface area contributed by atoms with Gasteiger partial charge in [-0.15, -0.1) is 0 Å². The fourth-order valence-electron chi connectivity index (χ4n) is 2.70. The number of amides is 1. The van der Waals surface area contributed by atoms with E-state index in [1.165, 1.54) is 0 Å². The number of hydrogen-bond donors (Lipinski definition) is 1. The molecule has 1 aliphatic rings. The first-order valence-electron chi connectivity index (χ1n) is 7.37. The minimum Gasteiger partial charge on any atom is -0.452 e. The summed E-state index contributed by atoms with van der Waals surface area (Å²) in [7, 11) is 0. The van der Waals surface area contributed by atoms with E-state index in [4.69, 9.17) is 4.74 Å². The fourth-order valence-corrected chi connectivity index (χ4v) is 3.06. The normalized spacial score (nSPS) is 15.0. The number of carbonyl (C=O) groups excluding carboxylic acids is 2. The highest BCUT2D eigenvalue weighted by molar-refractivity contribution is 9.10. The van der Waals surface area contributed by atoms with Crippen molar-refractivity contribution in [3.05, 3.63) is 34.4 Å². The van der Waals surface area contributed by atoms with E-state index < -0.39 is 5.97 Å². The summed E-state index contributed by atoms with van der Waals surface area (Å²) < 4.78 is 6.07. The monoisotopic (exact) mass is 364 g/mol. The van der Waals surface area contributed by atoms with Crippen LogP contribution in [-0.4, -0.2) is 41.5 Å². The van der Waals surface area contributed by atoms with E-state index >= 15 is 0 Å². The van der Waals surface area contributed by atoms with Crippen molar-refractivity contribution in [3.63, 3.8) is 0 Å². The number of likely N-dealkylation sites (tertiary alicyclic amines) is 1. The molecule has 5 nitrogen and oxygen atoms in total. The highest BCUT2D eigenvalue weighted by atomic mass is 79.9. The van der Waals surface area contributed by atoms with Crippen LogP contribution in [0.1, 0.15) is 29.6 Å². The van der Waals surface area contributed by atoms with Gasteiger partial charge in [0.2, 0.25) is 0 Å². The molecule has 3 rings (SSSR count). The summed E-state index contributed by atoms with van der Waals surface area (Å²) in [5, 5.41) is 0.782. The molecule has 0 saturated carbocycles. The van der Waals surface area contributed by atoms with Crippen LogP contribution >= 0.6 is 15.9 Å². The average Bonchev–Trinajstić information content (AvgIpc) is 2.96. The smallest absolute Gasteiger partial charge is 0.340 e. The van der Waals surface area contributed by atoms with Crippen molar-refractivity contribution in [1.29, 1.82) is 0 Å². The molecule has 0 unspecified atom stereocenters. The molecule has 1 aliphatic heterocycles. The van der Waals surface area contributed by atoms with E-state index in [9.17, 15) is 9.59 Å². The highest BCUT2D eigenvalue weighted by Crippen LogP contribution is 2.23. The van der Waals surface area contributed by atoms with E-state index in [0.717, 1.165) is 47.7 Å². The van der Waals surface area contributed by atoms with E-state index in [0.29, 0.717) is 5.56 Å². The predicted molar refractivity (Wildman–Crippen MR) is 86.7 cm³/mol. The molecule has 0 bridgehead atoms. The molecular weight excluding hydrogens is 348 g/mol. The maximum atomic E-state index is 12.2. The molecule has 1 aromatic carbocycles. The van der Waals surface area contributed by atoms with E-state index in [-0.39, 0.29) is 12.5 Å². The molecule has 6 heteroatoms. The largest absolute Gasteiger partial charge is 0.452 e. The van der Waals surface area contributed by atoms with Crippen LogP contribution < -0.4 is 0 Å². The van der Waals surface area contributed by atoms with Crippen molar-refractivity contribution in [2.75, 3.05) is 19.7 Å². The molecule has 0 radical (unpaired) electrons. The third-order valence-electron chi connectivity index (χ3n) is 3.90. The number of nitrogens with zero attached hydrogens (tertiary/aromatic N) is 1. The van der Waals surface area contributed by atoms with Crippen molar-refractivity contribution in [1.82, 2.24) is 9.88 Å². The minimum absolute atomic E-state index is 0.117. The number of ether oxygens (including phenoxy) is 1. The van der Waals surface area contributed by atoms with Gasteiger partial charge in [0.1, 0.15) is 0 Å². The molecule has 0 atom stereocenters. The van der Waals surface area contributed by atoms with Gasteiger partial charge in [0.15, 0.2) is 6.61 Å². The zero-order chi connectivity index (χ0) is 15.5. The predicted octanol–water partition coefficient (Wildman–Crippen LogP) is 3.10. The average molecular weight is 365 g/mol. The van der Waals surface area contributed by atoms with E-state index in [2.05, 4.69) is 20.9 Å². The number of fused-ring (bicyclic) bond motifs is 1. The Bertz CT molecular complexity index is 704. The van der Waals surface area contributed by atoms with Gasteiger partial charge in [-0.2, -0.15) is 0 Å². The SMILES string of the molecule is O=C(OCC(=O)N1CCCCC1)c1c[nH]c2ccc(Br)cc12. The van der Waals surface area contributed by atoms with Gasteiger partial charge < -0.3 is 14.6 Å². The van der Waals surface area contributed by atoms with Gasteiger partial charge in [-0.1, -0.05) is 15.9 Å². The number of piperidine rings is 1. The number of benzene rings is 1. The minimum atomic E-state index is -0.477. The molecule has 1 aromatic heterocycles. The van der Waals surface area contributed by atoms with Gasteiger partial charge in [0, 0.05) is 34.7 Å². The number of halogens is 1. The summed E-state index contributed by atoms with van der Waals surface area (Å²) in [5.74, 6) is -0.594. The lowest BCUT2D eigenvalue weighted by Gasteiger charge is -2.26. The van der Waals surface area contributed by atoms with Crippen LogP contribution in [0, 0.1) is 0 Å². The molecule has 1 fully saturated rings. The van der Waals surface area contributed by atoms with Gasteiger partial charge in [0.25, 0.3) is 5.91 Å². The molecule has 116 valence electrons. The third kappa shape index (κ3) is 3.16. The molecule has 1 amide bonds. The molecule has 1 N–H and O–H groups in total. The molecule has 2 heterocycles. The Balaban J connectivity index is 1.66. The second kappa shape index (κ2) is 6.52. The topological polar surface area (TPSA) is 62.4 Å². The van der Waals surface area contributed by atoms with Crippen molar-refractivity contribution in [2.45, 2.75) is 19.3 Å². The Morgan fingerprint density at radius 2 is 2.00 bits per heavy atom. The van der Waals surface area contributed by atoms with Crippen LogP contribution in [0.3, 0.4) is 0 Å². The summed E-state index contributed by atoms with van der Waals surface area (Å²) in [6.07, 6.45) is 4.82. The van der Waals surface area contributed by atoms with Crippen molar-refractivity contribution >= 4 is 38.7 Å². The van der Waals surface area contributed by atoms with Crippen LogP contribution in [0.25, 0.3) is 10.9 Å². The Morgan fingerprint density at radius 3 is 2.77 bits per heavy atom. The molecule has 0 spiro atoms. The summed E-state index contributed by atoms with van der Waals surface area (Å²) in [6, 6.07) is 5.64. The molecule has 0 aliphatic carbocycles. The lowest BCUT2D eigenvalue weighted by atomic mass is 10.1. The van der Waals surface area contributed by atoms with Crippen molar-refractivity contribution in [2.24, 2.45) is 0 Å². The number of H-pyrrole nitrogens is 1. The summed E-state index contributed by atoms with van der Waals surface area (Å²) in [6.45, 7) is 1.33. The summed E-state index contributed by atoms with van der Waals surface area (Å²) in [5.41, 5.74) is 1.31. The second-order valence-electron chi connectivity index (χ2n) is 5.41. The van der Waals surface area contributed by atoms with Gasteiger partial charge >= 0.3 is 5.97 Å². The molecule has 2 aromatic rings. The highest BCUT2D eigenvalue weighted by Gasteiger charge is 2.19. The van der Waals surface area contributed by atoms with E-state index in [1.807, 2.05) is 18.2 Å². The van der Waals surface area contributed by atoms with Gasteiger partial charge in [-0.3, -0.25) is 4.79 Å². The lowest BCUT2D eigenvalue weighted by Crippen LogP contribution is -2.38. The Hall–Kier alpha value is -1.82. The zero-order valence-corrected chi connectivity index (χ0v) is 13.7. The van der Waals surface area contributed by atoms with Crippen LogP contribution in [0.5, 0.6) is 0 Å². The number of esters is 1. The van der Waals surface area contributed by atoms with Gasteiger partial charge in [-0.25, -0.2) is 4.79 Å². The summed E-state index contributed by atoms with van der Waals surface area (Å²) >= 11 is 3.39. The molecular formula is C16H17BrN2O3. The summed E-state index contributed by atoms with van der Waals surface area (Å²) in [4.78, 5) is 29.0. The first-order valence-corrected chi connectivity index (χ1v) is 8.16. The Morgan fingerprint density at radius 1 is 1.23 bits per heavy atom. The van der Waals surface area contributed by atoms with Crippen LogP contribution in [-0.2, 0) is 9.53 Å². The first-order chi connectivity index (χ1) is 10.6. The fraction of sp³-hybridized carbons (Fsp3) is 0.375. The molecule has 1 saturated heterocycles. The van der Waals surface area contributed by atoms with Crippen LogP contribution in [0.2, 0.25) is 0 Å². The zero-order valence-electron chi connectivity index (χ0n) is 12.1. The number of carbonyl (C=O) groups is 2. The third-order valence-corrected chi connectivity index (χ3v) is 4.39. The number of aromatic amines is 1. The number of hydrogen-bond acceptors (Lipinski definition) is 3. The van der Waals surface area contributed by atoms with Crippen LogP contribution in [0.15, 0.2) is 28.9 Å². The second-order valence-corrected chi connectivity index (χ2v) is 6.33. The van der Waals surface area contributed by atoms with Gasteiger partial charge in [0.05, 0.1) is 5.56 Å². The first kappa shape index (κ1) is 15.1. The van der Waals surface area contributed by atoms with Crippen LogP contribution in [0.4, 0.5) is 0 Å². The molecule has 22 heavy (non-hydrogen) atoms. The maximum absolute atomic E-state index is 12.2. The van der Waals surface area contributed by atoms with Gasteiger partial charge in [-0.05, 0) is 37.5 Å². The number of aromatic nitrogens is 1. The Kier molecular flexibility index (Phi) is 4.47.